The molecule has 11 nitrogen and oxygen atoms in total. The summed E-state index contributed by atoms with van der Waals surface area (Å²) in [5, 5.41) is 0.763. The number of halogens is 1. The minimum Gasteiger partial charge on any atom is -0.444 e. The monoisotopic (exact) mass is 644 g/mol. The van der Waals surface area contributed by atoms with Gasteiger partial charge in [0.15, 0.2) is 5.65 Å². The summed E-state index contributed by atoms with van der Waals surface area (Å²) < 4.78 is 7.05. The number of benzene rings is 1. The molecule has 1 aliphatic heterocycles. The maximum absolute atomic E-state index is 14.1. The van der Waals surface area contributed by atoms with Crippen LogP contribution in [0.25, 0.3) is 28.0 Å². The summed E-state index contributed by atoms with van der Waals surface area (Å²) in [7, 11) is 0. The number of fused-ring (bicyclic) bond motifs is 1. The molecule has 5 rings (SSSR count). The topological polar surface area (TPSA) is 128 Å². The average Bonchev–Trinajstić information content (AvgIpc) is 2.99. The van der Waals surface area contributed by atoms with E-state index in [9.17, 15) is 19.2 Å². The van der Waals surface area contributed by atoms with Crippen LogP contribution in [0.2, 0.25) is 5.02 Å². The molecule has 0 saturated carbocycles. The third kappa shape index (κ3) is 6.37. The molecular weight excluding hydrogens is 608 g/mol. The Morgan fingerprint density at radius 1 is 1.07 bits per heavy atom. The predicted octanol–water partition coefficient (Wildman–Crippen LogP) is 6.00. The molecule has 240 valence electrons. The van der Waals surface area contributed by atoms with Crippen LogP contribution in [0.4, 0.5) is 10.6 Å². The number of hydrogen-bond donors (Lipinski definition) is 0. The predicted molar refractivity (Wildman–Crippen MR) is 178 cm³/mol. The number of nitrogens with zero attached hydrogens (tertiary/aromatic N) is 6. The van der Waals surface area contributed by atoms with Crippen molar-refractivity contribution >= 4 is 47.1 Å². The largest absolute Gasteiger partial charge is 0.444 e. The van der Waals surface area contributed by atoms with Crippen LogP contribution in [0.15, 0.2) is 41.3 Å². The smallest absolute Gasteiger partial charge is 0.410 e. The Morgan fingerprint density at radius 2 is 1.74 bits per heavy atom. The Bertz CT molecular complexity index is 1890. The summed E-state index contributed by atoms with van der Waals surface area (Å²) in [5.74, 6) is 0.361. The molecule has 46 heavy (non-hydrogen) atoms. The van der Waals surface area contributed by atoms with Crippen molar-refractivity contribution < 1.29 is 19.1 Å². The summed E-state index contributed by atoms with van der Waals surface area (Å²) in [5.41, 5.74) is 2.49. The number of piperazine rings is 1. The molecule has 1 amide bonds. The molecule has 3 aromatic heterocycles. The summed E-state index contributed by atoms with van der Waals surface area (Å²) >= 11 is 6.90. The normalized spacial score (nSPS) is 15.4. The van der Waals surface area contributed by atoms with Crippen molar-refractivity contribution in [2.75, 3.05) is 24.5 Å². The Morgan fingerprint density at radius 3 is 2.33 bits per heavy atom. The molecule has 1 atom stereocenters. The molecule has 0 N–H and O–H groups in total. The second kappa shape index (κ2) is 12.6. The van der Waals surface area contributed by atoms with Crippen molar-refractivity contribution in [2.45, 2.75) is 66.0 Å². The van der Waals surface area contributed by atoms with Crippen LogP contribution in [-0.2, 0) is 4.74 Å². The molecule has 0 spiro atoms. The number of pyridine rings is 2. The van der Waals surface area contributed by atoms with E-state index in [2.05, 4.69) is 9.97 Å². The van der Waals surface area contributed by atoms with Gasteiger partial charge in [-0.2, -0.15) is 4.98 Å². The first-order valence-corrected chi connectivity index (χ1v) is 15.5. The number of rotatable bonds is 6. The van der Waals surface area contributed by atoms with E-state index in [1.165, 1.54) is 10.6 Å². The van der Waals surface area contributed by atoms with Gasteiger partial charge in [0.2, 0.25) is 0 Å². The van der Waals surface area contributed by atoms with Gasteiger partial charge in [-0.05, 0) is 76.4 Å². The lowest BCUT2D eigenvalue weighted by Gasteiger charge is -2.41. The zero-order valence-corrected chi connectivity index (χ0v) is 27.8. The molecule has 0 bridgehead atoms. The summed E-state index contributed by atoms with van der Waals surface area (Å²) in [4.78, 5) is 68.2. The van der Waals surface area contributed by atoms with Crippen molar-refractivity contribution in [1.82, 2.24) is 24.4 Å². The van der Waals surface area contributed by atoms with Gasteiger partial charge in [-0.25, -0.2) is 19.1 Å². The fourth-order valence-corrected chi connectivity index (χ4v) is 5.99. The third-order valence-electron chi connectivity index (χ3n) is 7.80. The third-order valence-corrected chi connectivity index (χ3v) is 8.09. The highest BCUT2D eigenvalue weighted by Crippen LogP contribution is 2.36. The molecular formula is C34H37ClN6O5. The standard InChI is InChI=1S/C34H37ClN6O5/c1-19(2)27-29(20(3)8-9-36-27)41-31-25(15-26(35)28(37-31)24-13-22(17-42)12-23(14-24)18-43)30(38-32(41)44)40-11-10-39(16-21(40)4)33(45)46-34(5,6)7/h8-9,12-15,17-19,21H,10-11,16H2,1-7H3/t21-/m0/s1. The quantitative estimate of drug-likeness (QED) is 0.232. The van der Waals surface area contributed by atoms with E-state index in [1.54, 1.807) is 29.3 Å². The number of aryl methyl sites for hydroxylation is 1. The van der Waals surface area contributed by atoms with Crippen LogP contribution in [0.5, 0.6) is 0 Å². The maximum atomic E-state index is 14.1. The van der Waals surface area contributed by atoms with Gasteiger partial charge in [-0.1, -0.05) is 25.4 Å². The van der Waals surface area contributed by atoms with E-state index >= 15 is 0 Å². The lowest BCUT2D eigenvalue weighted by atomic mass is 10.0. The number of carbonyl (C=O) groups excluding carboxylic acids is 3. The zero-order chi connectivity index (χ0) is 33.5. The zero-order valence-electron chi connectivity index (χ0n) is 27.0. The van der Waals surface area contributed by atoms with E-state index < -0.39 is 17.4 Å². The van der Waals surface area contributed by atoms with Crippen LogP contribution in [0, 0.1) is 6.92 Å². The van der Waals surface area contributed by atoms with E-state index in [0.29, 0.717) is 71.7 Å². The molecule has 4 aromatic rings. The molecule has 4 heterocycles. The van der Waals surface area contributed by atoms with Crippen molar-refractivity contribution in [3.05, 3.63) is 74.4 Å². The van der Waals surface area contributed by atoms with Crippen LogP contribution in [-0.4, -0.2) is 74.4 Å². The molecule has 0 aliphatic carbocycles. The number of ether oxygens (including phenoxy) is 1. The Hall–Kier alpha value is -4.64. The second-order valence-electron chi connectivity index (χ2n) is 12.9. The van der Waals surface area contributed by atoms with E-state index in [-0.39, 0.29) is 28.1 Å². The number of amides is 1. The van der Waals surface area contributed by atoms with Gasteiger partial charge in [0.25, 0.3) is 0 Å². The molecule has 1 aliphatic rings. The van der Waals surface area contributed by atoms with Gasteiger partial charge in [-0.3, -0.25) is 14.6 Å². The van der Waals surface area contributed by atoms with Gasteiger partial charge in [-0.15, -0.1) is 0 Å². The van der Waals surface area contributed by atoms with Crippen molar-refractivity contribution in [2.24, 2.45) is 0 Å². The Labute approximate surface area is 272 Å². The van der Waals surface area contributed by atoms with E-state index in [4.69, 9.17) is 21.3 Å². The van der Waals surface area contributed by atoms with Gasteiger partial charge < -0.3 is 14.5 Å². The highest BCUT2D eigenvalue weighted by Gasteiger charge is 2.33. The van der Waals surface area contributed by atoms with Gasteiger partial charge in [0.1, 0.15) is 24.0 Å². The molecule has 1 saturated heterocycles. The first-order valence-electron chi connectivity index (χ1n) is 15.1. The van der Waals surface area contributed by atoms with Crippen molar-refractivity contribution in [3.63, 3.8) is 0 Å². The number of carbonyl (C=O) groups is 3. The van der Waals surface area contributed by atoms with Gasteiger partial charge >= 0.3 is 11.8 Å². The molecule has 0 unspecified atom stereocenters. The summed E-state index contributed by atoms with van der Waals surface area (Å²) in [6.07, 6.45) is 2.60. The highest BCUT2D eigenvalue weighted by atomic mass is 35.5. The fourth-order valence-electron chi connectivity index (χ4n) is 5.73. The second-order valence-corrected chi connectivity index (χ2v) is 13.3. The van der Waals surface area contributed by atoms with Crippen LogP contribution < -0.4 is 10.6 Å². The lowest BCUT2D eigenvalue weighted by molar-refractivity contribution is 0.0218. The highest BCUT2D eigenvalue weighted by molar-refractivity contribution is 6.34. The van der Waals surface area contributed by atoms with Crippen LogP contribution in [0.1, 0.15) is 79.4 Å². The van der Waals surface area contributed by atoms with E-state index in [1.807, 2.05) is 59.4 Å². The van der Waals surface area contributed by atoms with Gasteiger partial charge in [0.05, 0.1) is 27.5 Å². The number of hydrogen-bond acceptors (Lipinski definition) is 9. The van der Waals surface area contributed by atoms with Crippen molar-refractivity contribution in [3.8, 4) is 16.9 Å². The number of aldehydes is 2. The lowest BCUT2D eigenvalue weighted by Crippen LogP contribution is -2.55. The van der Waals surface area contributed by atoms with E-state index in [0.717, 1.165) is 5.56 Å². The number of aromatic nitrogens is 4. The van der Waals surface area contributed by atoms with Gasteiger partial charge in [0, 0.05) is 48.6 Å². The summed E-state index contributed by atoms with van der Waals surface area (Å²) in [6, 6.07) is 7.97. The summed E-state index contributed by atoms with van der Waals surface area (Å²) in [6.45, 7) is 14.4. The Kier molecular flexibility index (Phi) is 8.99. The minimum absolute atomic E-state index is 0.0244. The SMILES string of the molecule is Cc1ccnc(C(C)C)c1-n1c(=O)nc(N2CCN(C(=O)OC(C)(C)C)C[C@@H]2C)c2cc(Cl)c(-c3cc(C=O)cc(C=O)c3)nc21. The van der Waals surface area contributed by atoms with Crippen molar-refractivity contribution in [1.29, 1.82) is 0 Å². The molecule has 1 fully saturated rings. The van der Waals surface area contributed by atoms with Crippen LogP contribution >= 0.6 is 11.6 Å². The first-order chi connectivity index (χ1) is 21.7. The maximum Gasteiger partial charge on any atom is 0.410 e. The van der Waals surface area contributed by atoms with Crippen LogP contribution in [0.3, 0.4) is 0 Å². The minimum atomic E-state index is -0.628. The fraction of sp³-hybridized carbons (Fsp3) is 0.382. The Balaban J connectivity index is 1.75. The first kappa shape index (κ1) is 32.7. The molecule has 0 radical (unpaired) electrons. The average molecular weight is 645 g/mol. The number of anilines is 1. The molecule has 12 heteroatoms. The molecule has 1 aromatic carbocycles.